The van der Waals surface area contributed by atoms with Crippen LogP contribution in [0.3, 0.4) is 0 Å². The lowest BCUT2D eigenvalue weighted by molar-refractivity contribution is -0.0263. The van der Waals surface area contributed by atoms with Gasteiger partial charge in [0.05, 0.1) is 55.3 Å². The third-order valence-corrected chi connectivity index (χ3v) is 6.06. The van der Waals surface area contributed by atoms with Crippen LogP contribution in [0.25, 0.3) is 11.4 Å². The van der Waals surface area contributed by atoms with Gasteiger partial charge < -0.3 is 19.5 Å². The Bertz CT molecular complexity index is 1400. The standard InChI is InChI=1S/C22H22ClF2N5O4S/c1-29-10-13(21(31)27-15-5-14(23)6-16(7-15)28-35(3,32)33)4-18(29)20-19(34-2)8-17(9-26-20)30-11-22(24,25)12-30/h4-10,28H,11-12H2,1-3H3,(H,27,31). The monoisotopic (exact) mass is 525 g/mol. The van der Waals surface area contributed by atoms with Gasteiger partial charge in [0.2, 0.25) is 10.0 Å². The molecular formula is C22H22ClF2N5O4S. The zero-order chi connectivity index (χ0) is 25.5. The molecule has 2 N–H and O–H groups in total. The van der Waals surface area contributed by atoms with Gasteiger partial charge >= 0.3 is 0 Å². The van der Waals surface area contributed by atoms with E-state index in [1.807, 2.05) is 0 Å². The number of sulfonamides is 1. The van der Waals surface area contributed by atoms with Crippen LogP contribution in [0.1, 0.15) is 10.4 Å². The van der Waals surface area contributed by atoms with Crippen molar-refractivity contribution in [3.8, 4) is 17.1 Å². The smallest absolute Gasteiger partial charge is 0.282 e. The molecule has 3 aromatic rings. The molecule has 1 saturated heterocycles. The van der Waals surface area contributed by atoms with Gasteiger partial charge in [-0.15, -0.1) is 0 Å². The SMILES string of the molecule is COc1cc(N2CC(F)(F)C2)cnc1-c1cc(C(=O)Nc2cc(Cl)cc(NS(C)(=O)=O)c2)cn1C. The largest absolute Gasteiger partial charge is 0.494 e. The van der Waals surface area contributed by atoms with E-state index in [9.17, 15) is 22.0 Å². The molecule has 3 heterocycles. The highest BCUT2D eigenvalue weighted by Crippen LogP contribution is 2.36. The van der Waals surface area contributed by atoms with Crippen LogP contribution >= 0.6 is 11.6 Å². The zero-order valence-corrected chi connectivity index (χ0v) is 20.5. The molecule has 0 unspecified atom stereocenters. The highest BCUT2D eigenvalue weighted by molar-refractivity contribution is 7.92. The number of methoxy groups -OCH3 is 1. The molecule has 9 nitrogen and oxygen atoms in total. The number of ether oxygens (including phenoxy) is 1. The van der Waals surface area contributed by atoms with Crippen LogP contribution in [0.5, 0.6) is 5.75 Å². The van der Waals surface area contributed by atoms with Gasteiger partial charge in [-0.25, -0.2) is 22.2 Å². The first-order valence-electron chi connectivity index (χ1n) is 10.3. The summed E-state index contributed by atoms with van der Waals surface area (Å²) in [5.74, 6) is -2.80. The lowest BCUT2D eigenvalue weighted by Crippen LogP contribution is -2.56. The molecule has 0 bridgehead atoms. The Labute approximate surface area is 205 Å². The summed E-state index contributed by atoms with van der Waals surface area (Å²) in [5, 5.41) is 2.92. The molecule has 2 aromatic heterocycles. The minimum atomic E-state index is -3.53. The fourth-order valence-corrected chi connectivity index (χ4v) is 4.49. The first kappa shape index (κ1) is 24.7. The second-order valence-corrected chi connectivity index (χ2v) is 10.4. The molecule has 0 spiro atoms. The number of aryl methyl sites for hydroxylation is 1. The number of rotatable bonds is 7. The average Bonchev–Trinajstić information content (AvgIpc) is 3.11. The van der Waals surface area contributed by atoms with E-state index >= 15 is 0 Å². The van der Waals surface area contributed by atoms with Crippen LogP contribution < -0.4 is 19.7 Å². The van der Waals surface area contributed by atoms with Gasteiger partial charge in [-0.1, -0.05) is 11.6 Å². The van der Waals surface area contributed by atoms with E-state index in [2.05, 4.69) is 15.0 Å². The highest BCUT2D eigenvalue weighted by Gasteiger charge is 2.44. The molecule has 4 rings (SSSR count). The van der Waals surface area contributed by atoms with Crippen molar-refractivity contribution in [1.82, 2.24) is 9.55 Å². The minimum Gasteiger partial charge on any atom is -0.494 e. The van der Waals surface area contributed by atoms with Crippen LogP contribution in [0, 0.1) is 0 Å². The van der Waals surface area contributed by atoms with Crippen molar-refractivity contribution < 1.29 is 26.7 Å². The molecule has 1 aromatic carbocycles. The molecule has 35 heavy (non-hydrogen) atoms. The van der Waals surface area contributed by atoms with Gasteiger partial charge in [0.25, 0.3) is 11.8 Å². The van der Waals surface area contributed by atoms with Gasteiger partial charge in [0, 0.05) is 30.0 Å². The number of pyridine rings is 1. The molecule has 0 saturated carbocycles. The maximum absolute atomic E-state index is 13.2. The van der Waals surface area contributed by atoms with Crippen molar-refractivity contribution in [1.29, 1.82) is 0 Å². The number of halogens is 3. The quantitative estimate of drug-likeness (QED) is 0.486. The number of carbonyl (C=O) groups excluding carboxylic acids is 1. The molecule has 1 aliphatic rings. The summed E-state index contributed by atoms with van der Waals surface area (Å²) in [4.78, 5) is 18.8. The topological polar surface area (TPSA) is 106 Å². The lowest BCUT2D eigenvalue weighted by Gasteiger charge is -2.40. The average molecular weight is 526 g/mol. The molecule has 0 aliphatic carbocycles. The van der Waals surface area contributed by atoms with Crippen LogP contribution in [-0.4, -0.2) is 56.3 Å². The molecule has 1 fully saturated rings. The van der Waals surface area contributed by atoms with Gasteiger partial charge in [0.1, 0.15) is 11.4 Å². The van der Waals surface area contributed by atoms with Crippen molar-refractivity contribution in [2.45, 2.75) is 5.92 Å². The maximum Gasteiger partial charge on any atom is 0.282 e. The van der Waals surface area contributed by atoms with Crippen LogP contribution in [0.4, 0.5) is 25.8 Å². The number of anilines is 3. The Morgan fingerprint density at radius 1 is 1.17 bits per heavy atom. The fourth-order valence-electron chi connectivity index (χ4n) is 3.71. The highest BCUT2D eigenvalue weighted by atomic mass is 35.5. The van der Waals surface area contributed by atoms with Crippen LogP contribution in [-0.2, 0) is 17.1 Å². The van der Waals surface area contributed by atoms with E-state index < -0.39 is 21.9 Å². The number of alkyl halides is 2. The summed E-state index contributed by atoms with van der Waals surface area (Å²) in [6.07, 6.45) is 4.09. The van der Waals surface area contributed by atoms with Crippen molar-refractivity contribution in [3.05, 3.63) is 53.3 Å². The number of nitrogens with one attached hydrogen (secondary N) is 2. The number of nitrogens with zero attached hydrogens (tertiary/aromatic N) is 3. The summed E-state index contributed by atoms with van der Waals surface area (Å²) in [6.45, 7) is -0.757. The number of carbonyl (C=O) groups is 1. The molecular weight excluding hydrogens is 504 g/mol. The Hall–Kier alpha value is -3.38. The van der Waals surface area contributed by atoms with Crippen molar-refractivity contribution in [2.75, 3.05) is 41.4 Å². The second kappa shape index (κ2) is 9.00. The number of amides is 1. The predicted molar refractivity (Wildman–Crippen MR) is 130 cm³/mol. The Balaban J connectivity index is 1.57. The first-order chi connectivity index (χ1) is 16.3. The summed E-state index contributed by atoms with van der Waals surface area (Å²) in [6, 6.07) is 7.59. The van der Waals surface area contributed by atoms with Crippen molar-refractivity contribution in [2.24, 2.45) is 7.05 Å². The zero-order valence-electron chi connectivity index (χ0n) is 19.0. The summed E-state index contributed by atoms with van der Waals surface area (Å²) < 4.78 is 58.9. The number of benzene rings is 1. The summed E-state index contributed by atoms with van der Waals surface area (Å²) in [5.41, 5.74) is 2.33. The van der Waals surface area contributed by atoms with Crippen LogP contribution in [0.2, 0.25) is 5.02 Å². The Morgan fingerprint density at radius 3 is 2.49 bits per heavy atom. The Kier molecular flexibility index (Phi) is 6.36. The third kappa shape index (κ3) is 5.65. The molecule has 13 heteroatoms. The first-order valence-corrected chi connectivity index (χ1v) is 12.5. The Morgan fingerprint density at radius 2 is 1.86 bits per heavy atom. The number of hydrogen-bond acceptors (Lipinski definition) is 6. The van der Waals surface area contributed by atoms with Gasteiger partial charge in [0.15, 0.2) is 0 Å². The van der Waals surface area contributed by atoms with Crippen LogP contribution in [0.15, 0.2) is 42.7 Å². The van der Waals surface area contributed by atoms with Gasteiger partial charge in [-0.2, -0.15) is 0 Å². The molecule has 1 amide bonds. The molecule has 1 aliphatic heterocycles. The number of hydrogen-bond donors (Lipinski definition) is 2. The van der Waals surface area contributed by atoms with Crippen molar-refractivity contribution in [3.63, 3.8) is 0 Å². The maximum atomic E-state index is 13.2. The van der Waals surface area contributed by atoms with E-state index in [1.54, 1.807) is 29.9 Å². The van der Waals surface area contributed by atoms with Crippen molar-refractivity contribution >= 4 is 44.6 Å². The number of aromatic nitrogens is 2. The predicted octanol–water partition coefficient (Wildman–Crippen LogP) is 3.83. The van der Waals surface area contributed by atoms with Gasteiger partial charge in [-0.05, 0) is 24.3 Å². The normalized spacial score (nSPS) is 14.9. The molecule has 0 atom stereocenters. The molecule has 186 valence electrons. The minimum absolute atomic E-state index is 0.207. The molecule has 0 radical (unpaired) electrons. The summed E-state index contributed by atoms with van der Waals surface area (Å²) >= 11 is 6.06. The van der Waals surface area contributed by atoms with E-state index in [-0.39, 0.29) is 23.8 Å². The lowest BCUT2D eigenvalue weighted by atomic mass is 10.1. The van der Waals surface area contributed by atoms with Gasteiger partial charge in [-0.3, -0.25) is 9.52 Å². The second-order valence-electron chi connectivity index (χ2n) is 8.24. The third-order valence-electron chi connectivity index (χ3n) is 5.24. The fraction of sp³-hybridized carbons (Fsp3) is 0.273. The van der Waals surface area contributed by atoms with E-state index in [0.717, 1.165) is 6.26 Å². The van der Waals surface area contributed by atoms with E-state index in [1.165, 1.54) is 36.4 Å². The van der Waals surface area contributed by atoms with E-state index in [4.69, 9.17) is 16.3 Å². The van der Waals surface area contributed by atoms with E-state index in [0.29, 0.717) is 34.1 Å². The summed E-state index contributed by atoms with van der Waals surface area (Å²) in [7, 11) is -0.349.